The van der Waals surface area contributed by atoms with Gasteiger partial charge in [-0.25, -0.2) is 0 Å². The van der Waals surface area contributed by atoms with Gasteiger partial charge in [0.05, 0.1) is 36.2 Å². The van der Waals surface area contributed by atoms with E-state index in [4.69, 9.17) is 17.1 Å². The first-order valence-corrected chi connectivity index (χ1v) is 25.5. The molecule has 0 amide bonds. The van der Waals surface area contributed by atoms with Crippen LogP contribution in [0.2, 0.25) is 19.6 Å². The van der Waals surface area contributed by atoms with Crippen molar-refractivity contribution in [1.82, 2.24) is 19.5 Å². The number of pyridine rings is 2. The quantitative estimate of drug-likeness (QED) is 0.118. The van der Waals surface area contributed by atoms with Gasteiger partial charge in [0.1, 0.15) is 5.58 Å². The summed E-state index contributed by atoms with van der Waals surface area (Å²) in [5.74, 6) is 1.13. The summed E-state index contributed by atoms with van der Waals surface area (Å²) >= 11 is 0. The van der Waals surface area contributed by atoms with Crippen LogP contribution in [-0.4, -0.2) is 27.6 Å². The number of aromatic nitrogens is 4. The molecule has 0 saturated carbocycles. The molecule has 0 aliphatic rings. The van der Waals surface area contributed by atoms with Crippen LogP contribution in [-0.2, 0) is 31.9 Å². The van der Waals surface area contributed by atoms with Gasteiger partial charge in [-0.2, -0.15) is 0 Å². The Balaban J connectivity index is 0.000000230. The van der Waals surface area contributed by atoms with Gasteiger partial charge >= 0.3 is 0 Å². The molecule has 9 rings (SSSR count). The summed E-state index contributed by atoms with van der Waals surface area (Å²) in [7, 11) is -1.70. The van der Waals surface area contributed by atoms with Crippen LogP contribution in [0.5, 0.6) is 0 Å². The Labute approximate surface area is 397 Å². The van der Waals surface area contributed by atoms with Gasteiger partial charge in [-0.1, -0.05) is 141 Å². The second-order valence-corrected chi connectivity index (χ2v) is 25.0. The monoisotopic (exact) mass is 1040 g/mol. The molecular formula is C57H60IrN4OSi-2. The van der Waals surface area contributed by atoms with Crippen LogP contribution >= 0.6 is 0 Å². The Morgan fingerprint density at radius 3 is 2.16 bits per heavy atom. The zero-order valence-electron chi connectivity index (χ0n) is 41.2. The fraction of sp³-hybridized carbons (Fsp3) is 0.281. The Morgan fingerprint density at radius 2 is 1.48 bits per heavy atom. The number of para-hydroxylation sites is 1. The first-order valence-electron chi connectivity index (χ1n) is 23.0. The van der Waals surface area contributed by atoms with Crippen molar-refractivity contribution in [3.8, 4) is 39.5 Å². The maximum Gasteiger partial charge on any atom is 0.120 e. The van der Waals surface area contributed by atoms with E-state index in [1.165, 1.54) is 27.9 Å². The third kappa shape index (κ3) is 9.63. The number of benzene rings is 5. The molecule has 1 radical (unpaired) electrons. The summed E-state index contributed by atoms with van der Waals surface area (Å²) in [6.07, 6.45) is 2.32. The van der Waals surface area contributed by atoms with Gasteiger partial charge in [0, 0.05) is 46.3 Å². The molecule has 7 heteroatoms. The molecule has 0 spiro atoms. The second-order valence-electron chi connectivity index (χ2n) is 20.0. The van der Waals surface area contributed by atoms with E-state index in [9.17, 15) is 0 Å². The molecule has 4 heterocycles. The normalized spacial score (nSPS) is 12.8. The van der Waals surface area contributed by atoms with E-state index < -0.39 is 19.9 Å². The molecule has 0 atom stereocenters. The third-order valence-electron chi connectivity index (χ3n) is 11.4. The van der Waals surface area contributed by atoms with Crippen molar-refractivity contribution in [2.24, 2.45) is 5.41 Å². The second kappa shape index (κ2) is 18.2. The maximum atomic E-state index is 8.75. The standard InChI is InChI=1S/C38H34N3O.C19H26NSi.Ir/c1-23(2)29-21-27(25-12-8-7-9-13-25)22-31(38(4,5)6)36(29)41-35-24(3)39-19-18-32(35)40-37(41)26-16-17-34-30(20-26)28-14-10-11-15-33(28)42-34;1-19(2,3)13-16-12-17(15-10-8-7-9-11-15)20-14-18(16)21(4,5)6;/h7-15,17-23H,1-6H3;7-10,12,14H,13H2,1-6H3;/q2*-1;/i;13D2;. The largest absolute Gasteiger partial charge is 0.500 e. The Morgan fingerprint density at radius 1 is 0.766 bits per heavy atom. The van der Waals surface area contributed by atoms with E-state index in [0.29, 0.717) is 0 Å². The van der Waals surface area contributed by atoms with Crippen LogP contribution < -0.4 is 5.19 Å². The van der Waals surface area contributed by atoms with Crippen molar-refractivity contribution >= 4 is 46.2 Å². The number of rotatable bonds is 7. The number of hydrogen-bond donors (Lipinski definition) is 0. The molecule has 0 aliphatic heterocycles. The van der Waals surface area contributed by atoms with Gasteiger partial charge < -0.3 is 14.0 Å². The molecule has 5 aromatic carbocycles. The van der Waals surface area contributed by atoms with Gasteiger partial charge in [0.25, 0.3) is 0 Å². The Kier molecular flexibility index (Phi) is 12.4. The maximum absolute atomic E-state index is 8.75. The minimum absolute atomic E-state index is 0. The molecule has 0 N–H and O–H groups in total. The third-order valence-corrected chi connectivity index (χ3v) is 13.4. The SMILES string of the molecule is Cc1nccc2nc(-c3[c-]cc4oc5ccccc5c4c3)n(-c3c(C(C)C)cc(-c4ccccc4)cc3C(C)(C)C)c12.[2H]C([2H])(c1cc(-c2[c-]cccc2)ncc1[Si](C)(C)C)C(C)(C)C.[Ir]. The fourth-order valence-corrected chi connectivity index (χ4v) is 9.75. The number of aryl methyl sites for hydroxylation is 1. The summed E-state index contributed by atoms with van der Waals surface area (Å²) in [6, 6.07) is 46.1. The molecule has 0 bridgehead atoms. The number of nitrogens with zero attached hydrogens (tertiary/aromatic N) is 4. The van der Waals surface area contributed by atoms with Gasteiger partial charge in [-0.3, -0.25) is 9.97 Å². The van der Waals surface area contributed by atoms with Gasteiger partial charge in [0.15, 0.2) is 0 Å². The molecule has 9 aromatic rings. The van der Waals surface area contributed by atoms with E-state index >= 15 is 0 Å². The first kappa shape index (κ1) is 43.8. The Hall–Kier alpha value is -5.46. The zero-order chi connectivity index (χ0) is 46.6. The topological polar surface area (TPSA) is 56.7 Å². The van der Waals surface area contributed by atoms with E-state index in [1.807, 2.05) is 87.8 Å². The van der Waals surface area contributed by atoms with Crippen molar-refractivity contribution < 1.29 is 27.3 Å². The summed E-state index contributed by atoms with van der Waals surface area (Å²) in [6.45, 7) is 26.1. The van der Waals surface area contributed by atoms with E-state index in [2.05, 4.69) is 144 Å². The van der Waals surface area contributed by atoms with Crippen molar-refractivity contribution in [2.45, 2.75) is 99.7 Å². The Bertz CT molecular complexity index is 3170. The molecule has 0 aliphatic carbocycles. The average molecular weight is 1040 g/mol. The molecule has 0 fully saturated rings. The zero-order valence-corrected chi connectivity index (χ0v) is 42.6. The summed E-state index contributed by atoms with van der Waals surface area (Å²) in [4.78, 5) is 14.6. The number of fused-ring (bicyclic) bond motifs is 4. The number of furan rings is 1. The molecule has 0 saturated heterocycles. The average Bonchev–Trinajstić information content (AvgIpc) is 3.85. The first-order chi connectivity index (χ1) is 30.6. The van der Waals surface area contributed by atoms with Crippen molar-refractivity contribution in [2.75, 3.05) is 0 Å². The van der Waals surface area contributed by atoms with Crippen molar-refractivity contribution in [3.05, 3.63) is 162 Å². The van der Waals surface area contributed by atoms with Crippen molar-refractivity contribution in [3.63, 3.8) is 0 Å². The van der Waals surface area contributed by atoms with E-state index in [0.717, 1.165) is 72.1 Å². The predicted molar refractivity (Wildman–Crippen MR) is 268 cm³/mol. The van der Waals surface area contributed by atoms with Gasteiger partial charge in [0.2, 0.25) is 0 Å². The van der Waals surface area contributed by atoms with Crippen LogP contribution in [0.3, 0.4) is 0 Å². The number of imidazole rings is 1. The van der Waals surface area contributed by atoms with Crippen LogP contribution in [0.25, 0.3) is 72.4 Å². The molecule has 4 aromatic heterocycles. The van der Waals surface area contributed by atoms with Crippen LogP contribution in [0, 0.1) is 24.5 Å². The van der Waals surface area contributed by atoms with Crippen LogP contribution in [0.4, 0.5) is 0 Å². The molecule has 329 valence electrons. The fourth-order valence-electron chi connectivity index (χ4n) is 8.35. The molecule has 0 unspecified atom stereocenters. The summed E-state index contributed by atoms with van der Waals surface area (Å²) < 4.78 is 26.0. The summed E-state index contributed by atoms with van der Waals surface area (Å²) in [5.41, 5.74) is 13.5. The van der Waals surface area contributed by atoms with Gasteiger partial charge in [-0.15, -0.1) is 59.7 Å². The van der Waals surface area contributed by atoms with Gasteiger partial charge in [-0.05, 0) is 87.4 Å². The minimum Gasteiger partial charge on any atom is -0.500 e. The number of hydrogen-bond acceptors (Lipinski definition) is 4. The van der Waals surface area contributed by atoms with E-state index in [-0.39, 0.29) is 31.4 Å². The smallest absolute Gasteiger partial charge is 0.120 e. The molecule has 64 heavy (non-hydrogen) atoms. The van der Waals surface area contributed by atoms with Crippen LogP contribution in [0.1, 0.15) is 86.4 Å². The summed E-state index contributed by atoms with van der Waals surface area (Å²) in [5, 5.41) is 3.25. The van der Waals surface area contributed by atoms with Crippen molar-refractivity contribution in [1.29, 1.82) is 0 Å². The van der Waals surface area contributed by atoms with Crippen LogP contribution in [0.15, 0.2) is 132 Å². The van der Waals surface area contributed by atoms with E-state index in [1.54, 1.807) is 0 Å². The minimum atomic E-state index is -1.70. The molecular weight excluding hydrogens is 977 g/mol. The predicted octanol–water partition coefficient (Wildman–Crippen LogP) is 14.9. The molecule has 5 nitrogen and oxygen atoms in total.